The SMILES string of the molecule is c1ccc(-c2nc(C3CCOCC3)no2)c(OC2CCN(Cc3ccncc3)C2)c1. The molecule has 2 aliphatic heterocycles. The molecule has 2 fully saturated rings. The second kappa shape index (κ2) is 8.93. The minimum absolute atomic E-state index is 0.144. The number of rotatable bonds is 6. The maximum absolute atomic E-state index is 6.38. The maximum Gasteiger partial charge on any atom is 0.261 e. The minimum atomic E-state index is 0.144. The summed E-state index contributed by atoms with van der Waals surface area (Å²) in [5, 5.41) is 4.24. The zero-order valence-corrected chi connectivity index (χ0v) is 16.9. The Bertz CT molecular complexity index is 956. The van der Waals surface area contributed by atoms with Gasteiger partial charge in [-0.1, -0.05) is 17.3 Å². The first-order valence-electron chi connectivity index (χ1n) is 10.6. The predicted molar refractivity (Wildman–Crippen MR) is 111 cm³/mol. The fraction of sp³-hybridized carbons (Fsp3) is 0.435. The first-order valence-corrected chi connectivity index (χ1v) is 10.6. The van der Waals surface area contributed by atoms with Crippen LogP contribution in [0, 0.1) is 0 Å². The number of likely N-dealkylation sites (tertiary alicyclic amines) is 1. The van der Waals surface area contributed by atoms with Gasteiger partial charge in [0.25, 0.3) is 5.89 Å². The third-order valence-corrected chi connectivity index (χ3v) is 5.82. The number of benzene rings is 1. The molecule has 2 saturated heterocycles. The van der Waals surface area contributed by atoms with Gasteiger partial charge in [0.15, 0.2) is 5.82 Å². The lowest BCUT2D eigenvalue weighted by Crippen LogP contribution is -2.24. The van der Waals surface area contributed by atoms with Crippen LogP contribution in [0.4, 0.5) is 0 Å². The smallest absolute Gasteiger partial charge is 0.261 e. The monoisotopic (exact) mass is 406 g/mol. The third-order valence-electron chi connectivity index (χ3n) is 5.82. The van der Waals surface area contributed by atoms with Crippen molar-refractivity contribution in [1.82, 2.24) is 20.0 Å². The van der Waals surface area contributed by atoms with E-state index < -0.39 is 0 Å². The average Bonchev–Trinajstić information content (AvgIpc) is 3.46. The van der Waals surface area contributed by atoms with Crippen molar-refractivity contribution in [2.45, 2.75) is 37.8 Å². The summed E-state index contributed by atoms with van der Waals surface area (Å²) in [6.45, 7) is 4.34. The van der Waals surface area contributed by atoms with Gasteiger partial charge in [0.1, 0.15) is 11.9 Å². The van der Waals surface area contributed by atoms with Gasteiger partial charge in [-0.3, -0.25) is 9.88 Å². The van der Waals surface area contributed by atoms with Crippen LogP contribution in [0.5, 0.6) is 5.75 Å². The summed E-state index contributed by atoms with van der Waals surface area (Å²) in [4.78, 5) is 11.2. The molecule has 1 atom stereocenters. The van der Waals surface area contributed by atoms with Crippen LogP contribution in [0.1, 0.15) is 36.6 Å². The average molecular weight is 406 g/mol. The Hall–Kier alpha value is -2.77. The van der Waals surface area contributed by atoms with Crippen molar-refractivity contribution in [1.29, 1.82) is 0 Å². The fourth-order valence-corrected chi connectivity index (χ4v) is 4.17. The zero-order chi connectivity index (χ0) is 20.2. The van der Waals surface area contributed by atoms with Gasteiger partial charge >= 0.3 is 0 Å². The lowest BCUT2D eigenvalue weighted by molar-refractivity contribution is 0.0830. The van der Waals surface area contributed by atoms with E-state index >= 15 is 0 Å². The van der Waals surface area contributed by atoms with Crippen molar-refractivity contribution >= 4 is 0 Å². The number of hydrogen-bond donors (Lipinski definition) is 0. The van der Waals surface area contributed by atoms with Gasteiger partial charge in [0, 0.05) is 51.2 Å². The highest BCUT2D eigenvalue weighted by Crippen LogP contribution is 2.33. The summed E-state index contributed by atoms with van der Waals surface area (Å²) in [6, 6.07) is 12.1. The van der Waals surface area contributed by atoms with Crippen LogP contribution in [0.2, 0.25) is 0 Å². The van der Waals surface area contributed by atoms with Crippen LogP contribution in [0.25, 0.3) is 11.5 Å². The molecule has 2 aromatic heterocycles. The highest BCUT2D eigenvalue weighted by Gasteiger charge is 2.26. The van der Waals surface area contributed by atoms with Gasteiger partial charge in [-0.2, -0.15) is 4.98 Å². The summed E-state index contributed by atoms with van der Waals surface area (Å²) < 4.78 is 17.4. The number of aromatic nitrogens is 3. The Balaban J connectivity index is 1.26. The molecule has 7 nitrogen and oxygen atoms in total. The molecule has 3 aromatic rings. The molecule has 1 unspecified atom stereocenters. The quantitative estimate of drug-likeness (QED) is 0.618. The largest absolute Gasteiger partial charge is 0.488 e. The Labute approximate surface area is 176 Å². The molecule has 4 heterocycles. The summed E-state index contributed by atoms with van der Waals surface area (Å²) >= 11 is 0. The molecule has 0 aliphatic carbocycles. The standard InChI is InChI=1S/C23H26N4O3/c1-2-4-21(29-19-7-12-27(16-19)15-17-5-10-24-11-6-17)20(3-1)23-25-22(26-30-23)18-8-13-28-14-9-18/h1-6,10-11,18-19H,7-9,12-16H2. The first kappa shape index (κ1) is 19.2. The number of para-hydroxylation sites is 1. The molecule has 30 heavy (non-hydrogen) atoms. The fourth-order valence-electron chi connectivity index (χ4n) is 4.17. The molecule has 0 amide bonds. The molecule has 1 aromatic carbocycles. The Morgan fingerprint density at radius 2 is 1.87 bits per heavy atom. The molecule has 0 spiro atoms. The van der Waals surface area contributed by atoms with Crippen molar-refractivity contribution in [2.24, 2.45) is 0 Å². The Kier molecular flexibility index (Phi) is 5.72. The maximum atomic E-state index is 6.38. The topological polar surface area (TPSA) is 73.5 Å². The molecule has 156 valence electrons. The number of hydrogen-bond acceptors (Lipinski definition) is 7. The molecule has 0 radical (unpaired) electrons. The van der Waals surface area contributed by atoms with Crippen LogP contribution in [0.3, 0.4) is 0 Å². The van der Waals surface area contributed by atoms with E-state index in [1.54, 1.807) is 0 Å². The molecular formula is C23H26N4O3. The van der Waals surface area contributed by atoms with E-state index in [0.29, 0.717) is 11.8 Å². The van der Waals surface area contributed by atoms with Crippen LogP contribution in [-0.2, 0) is 11.3 Å². The van der Waals surface area contributed by atoms with Crippen molar-refractivity contribution < 1.29 is 14.0 Å². The van der Waals surface area contributed by atoms with E-state index in [2.05, 4.69) is 32.2 Å². The van der Waals surface area contributed by atoms with Crippen LogP contribution in [0.15, 0.2) is 53.3 Å². The van der Waals surface area contributed by atoms with Gasteiger partial charge in [-0.05, 0) is 49.1 Å². The predicted octanol–water partition coefficient (Wildman–Crippen LogP) is 3.68. The highest BCUT2D eigenvalue weighted by molar-refractivity contribution is 5.62. The molecule has 5 rings (SSSR count). The molecule has 2 aliphatic rings. The summed E-state index contributed by atoms with van der Waals surface area (Å²) in [5.41, 5.74) is 2.13. The Morgan fingerprint density at radius 1 is 1.03 bits per heavy atom. The van der Waals surface area contributed by atoms with Crippen molar-refractivity contribution in [2.75, 3.05) is 26.3 Å². The second-order valence-electron chi connectivity index (χ2n) is 7.96. The van der Waals surface area contributed by atoms with E-state index in [1.165, 1.54) is 5.56 Å². The lowest BCUT2D eigenvalue weighted by atomic mass is 10.00. The van der Waals surface area contributed by atoms with Crippen molar-refractivity contribution in [3.8, 4) is 17.2 Å². The normalized spacial score (nSPS) is 20.5. The van der Waals surface area contributed by atoms with E-state index in [0.717, 1.165) is 69.2 Å². The molecule has 7 heteroatoms. The zero-order valence-electron chi connectivity index (χ0n) is 16.9. The van der Waals surface area contributed by atoms with Crippen molar-refractivity contribution in [3.63, 3.8) is 0 Å². The van der Waals surface area contributed by atoms with Gasteiger partial charge < -0.3 is 14.0 Å². The number of ether oxygens (including phenoxy) is 2. The second-order valence-corrected chi connectivity index (χ2v) is 7.96. The summed E-state index contributed by atoms with van der Waals surface area (Å²) in [6.07, 6.45) is 6.70. The van der Waals surface area contributed by atoms with Crippen LogP contribution in [-0.4, -0.2) is 52.4 Å². The van der Waals surface area contributed by atoms with Gasteiger partial charge in [0.2, 0.25) is 0 Å². The van der Waals surface area contributed by atoms with Gasteiger partial charge in [0.05, 0.1) is 5.56 Å². The molecule has 0 saturated carbocycles. The first-order chi connectivity index (χ1) is 14.8. The molecule has 0 N–H and O–H groups in total. The summed E-state index contributed by atoms with van der Waals surface area (Å²) in [7, 11) is 0. The van der Waals surface area contributed by atoms with Gasteiger partial charge in [-0.15, -0.1) is 0 Å². The van der Waals surface area contributed by atoms with E-state index in [9.17, 15) is 0 Å². The highest BCUT2D eigenvalue weighted by atomic mass is 16.5. The lowest BCUT2D eigenvalue weighted by Gasteiger charge is -2.18. The third kappa shape index (κ3) is 4.37. The van der Waals surface area contributed by atoms with Gasteiger partial charge in [-0.25, -0.2) is 0 Å². The van der Waals surface area contributed by atoms with E-state index in [4.69, 9.17) is 14.0 Å². The molecular weight excluding hydrogens is 380 g/mol. The van der Waals surface area contributed by atoms with Crippen LogP contribution >= 0.6 is 0 Å². The van der Waals surface area contributed by atoms with Crippen LogP contribution < -0.4 is 4.74 Å². The number of nitrogens with zero attached hydrogens (tertiary/aromatic N) is 4. The Morgan fingerprint density at radius 3 is 2.73 bits per heavy atom. The number of pyridine rings is 1. The van der Waals surface area contributed by atoms with Crippen molar-refractivity contribution in [3.05, 3.63) is 60.2 Å². The van der Waals surface area contributed by atoms with E-state index in [-0.39, 0.29) is 6.10 Å². The minimum Gasteiger partial charge on any atom is -0.488 e. The molecule has 0 bridgehead atoms. The summed E-state index contributed by atoms with van der Waals surface area (Å²) in [5.74, 6) is 2.41. The van der Waals surface area contributed by atoms with E-state index in [1.807, 2.05) is 36.7 Å².